The van der Waals surface area contributed by atoms with Crippen LogP contribution in [0.1, 0.15) is 19.2 Å². The van der Waals surface area contributed by atoms with Crippen LogP contribution in [0.5, 0.6) is 0 Å². The summed E-state index contributed by atoms with van der Waals surface area (Å²) in [6, 6.07) is 9.57. The van der Waals surface area contributed by atoms with E-state index in [9.17, 15) is 4.79 Å². The zero-order valence-corrected chi connectivity index (χ0v) is 19.9. The lowest BCUT2D eigenvalue weighted by molar-refractivity contribution is -0.117. The van der Waals surface area contributed by atoms with Crippen molar-refractivity contribution in [1.82, 2.24) is 35.3 Å². The quantitative estimate of drug-likeness (QED) is 0.380. The normalized spacial score (nSPS) is 18.9. The molecule has 0 saturated heterocycles. The zero-order chi connectivity index (χ0) is 24.7. The Hall–Kier alpha value is -4.44. The van der Waals surface area contributed by atoms with E-state index in [1.54, 1.807) is 24.7 Å². The standard InChI is InChI=1S/C26H27N9O/c1-18-4-5-19(3-2-12-35(16-18)17-25(36)32-22-8-11-28-29-15-22)26-27-10-9-24(33-26)31-21-6-7-23-20(13-21)14-30-34-23/h3-11,13-15,18H,2,12,16-17H2,1H3,(H,30,34)(H,27,31,33)(H,28,32,36)/b5-4-,19-3+. The van der Waals surface area contributed by atoms with Crippen molar-refractivity contribution in [2.24, 2.45) is 5.92 Å². The lowest BCUT2D eigenvalue weighted by Gasteiger charge is -2.23. The van der Waals surface area contributed by atoms with Gasteiger partial charge in [-0.05, 0) is 42.7 Å². The van der Waals surface area contributed by atoms with Gasteiger partial charge in [-0.2, -0.15) is 15.3 Å². The molecule has 5 rings (SSSR count). The highest BCUT2D eigenvalue weighted by atomic mass is 16.2. The van der Waals surface area contributed by atoms with E-state index in [1.165, 1.54) is 6.20 Å². The Morgan fingerprint density at radius 3 is 2.97 bits per heavy atom. The number of nitrogens with one attached hydrogen (secondary N) is 3. The third kappa shape index (κ3) is 5.97. The van der Waals surface area contributed by atoms with Gasteiger partial charge >= 0.3 is 0 Å². The summed E-state index contributed by atoms with van der Waals surface area (Å²) in [5.41, 5.74) is 3.52. The fourth-order valence-electron chi connectivity index (χ4n) is 4.11. The van der Waals surface area contributed by atoms with Gasteiger partial charge in [0.05, 0.1) is 36.3 Å². The molecule has 1 atom stereocenters. The second kappa shape index (κ2) is 10.9. The maximum absolute atomic E-state index is 12.5. The fourth-order valence-corrected chi connectivity index (χ4v) is 4.11. The first-order chi connectivity index (χ1) is 17.6. The van der Waals surface area contributed by atoms with Gasteiger partial charge in [-0.1, -0.05) is 25.2 Å². The molecule has 1 aromatic carbocycles. The van der Waals surface area contributed by atoms with Crippen molar-refractivity contribution in [2.75, 3.05) is 30.3 Å². The van der Waals surface area contributed by atoms with Crippen molar-refractivity contribution in [1.29, 1.82) is 0 Å². The molecule has 10 heteroatoms. The molecule has 3 aromatic heterocycles. The van der Waals surface area contributed by atoms with Gasteiger partial charge in [0.25, 0.3) is 0 Å². The molecule has 1 aliphatic heterocycles. The minimum atomic E-state index is -0.0710. The maximum Gasteiger partial charge on any atom is 0.238 e. The number of anilines is 3. The Morgan fingerprint density at radius 1 is 1.14 bits per heavy atom. The number of allylic oxidation sites excluding steroid dienone is 2. The Morgan fingerprint density at radius 2 is 2.08 bits per heavy atom. The molecule has 1 amide bonds. The Kier molecular flexibility index (Phi) is 7.04. The average molecular weight is 482 g/mol. The summed E-state index contributed by atoms with van der Waals surface area (Å²) in [6.07, 6.45) is 13.8. The van der Waals surface area contributed by atoms with E-state index in [0.717, 1.165) is 41.7 Å². The summed E-state index contributed by atoms with van der Waals surface area (Å²) in [7, 11) is 0. The second-order valence-electron chi connectivity index (χ2n) is 8.76. The Labute approximate surface area is 208 Å². The molecule has 36 heavy (non-hydrogen) atoms. The molecule has 4 aromatic rings. The molecular weight excluding hydrogens is 454 g/mol. The molecule has 0 radical (unpaired) electrons. The highest BCUT2D eigenvalue weighted by Gasteiger charge is 2.15. The molecular formula is C26H27N9O. The zero-order valence-electron chi connectivity index (χ0n) is 19.9. The van der Waals surface area contributed by atoms with E-state index in [4.69, 9.17) is 4.98 Å². The molecule has 0 bridgehead atoms. The van der Waals surface area contributed by atoms with Crippen LogP contribution in [0.3, 0.4) is 0 Å². The third-order valence-corrected chi connectivity index (χ3v) is 5.82. The number of benzene rings is 1. The first-order valence-corrected chi connectivity index (χ1v) is 11.8. The van der Waals surface area contributed by atoms with Crippen LogP contribution in [0, 0.1) is 5.92 Å². The summed E-state index contributed by atoms with van der Waals surface area (Å²) in [4.78, 5) is 24.0. The number of aromatic nitrogens is 6. The molecule has 1 unspecified atom stereocenters. The van der Waals surface area contributed by atoms with Crippen LogP contribution in [0.25, 0.3) is 16.5 Å². The minimum absolute atomic E-state index is 0.0710. The van der Waals surface area contributed by atoms with Crippen molar-refractivity contribution in [3.05, 3.63) is 79.2 Å². The molecule has 4 heterocycles. The lowest BCUT2D eigenvalue weighted by Crippen LogP contribution is -2.36. The van der Waals surface area contributed by atoms with Crippen molar-refractivity contribution >= 4 is 39.6 Å². The molecule has 10 nitrogen and oxygen atoms in total. The van der Waals surface area contributed by atoms with Crippen molar-refractivity contribution in [3.63, 3.8) is 0 Å². The van der Waals surface area contributed by atoms with E-state index in [0.29, 0.717) is 23.9 Å². The Bertz CT molecular complexity index is 1400. The van der Waals surface area contributed by atoms with E-state index < -0.39 is 0 Å². The van der Waals surface area contributed by atoms with Crippen molar-refractivity contribution < 1.29 is 4.79 Å². The van der Waals surface area contributed by atoms with Gasteiger partial charge in [0.15, 0.2) is 5.82 Å². The third-order valence-electron chi connectivity index (χ3n) is 5.82. The minimum Gasteiger partial charge on any atom is -0.340 e. The number of rotatable bonds is 6. The molecule has 1 aliphatic rings. The van der Waals surface area contributed by atoms with Gasteiger partial charge in [-0.25, -0.2) is 9.97 Å². The average Bonchev–Trinajstić information content (AvgIpc) is 3.37. The van der Waals surface area contributed by atoms with Crippen LogP contribution in [0.2, 0.25) is 0 Å². The highest BCUT2D eigenvalue weighted by Crippen LogP contribution is 2.22. The number of carbonyl (C=O) groups is 1. The molecule has 0 saturated carbocycles. The van der Waals surface area contributed by atoms with Crippen LogP contribution >= 0.6 is 0 Å². The number of carbonyl (C=O) groups excluding carboxylic acids is 1. The number of aromatic amines is 1. The fraction of sp³-hybridized carbons (Fsp3) is 0.231. The van der Waals surface area contributed by atoms with E-state index in [2.05, 4.69) is 66.1 Å². The molecule has 182 valence electrons. The van der Waals surface area contributed by atoms with Gasteiger partial charge < -0.3 is 10.6 Å². The number of H-pyrrole nitrogens is 1. The van der Waals surface area contributed by atoms with Gasteiger partial charge in [-0.15, -0.1) is 0 Å². The molecule has 0 fully saturated rings. The van der Waals surface area contributed by atoms with Gasteiger partial charge in [-0.3, -0.25) is 14.8 Å². The number of hydrogen-bond acceptors (Lipinski definition) is 8. The second-order valence-corrected chi connectivity index (χ2v) is 8.76. The van der Waals surface area contributed by atoms with Crippen LogP contribution in [0.15, 0.2) is 73.3 Å². The molecule has 3 N–H and O–H groups in total. The molecule has 0 aliphatic carbocycles. The lowest BCUT2D eigenvalue weighted by atomic mass is 10.1. The number of amides is 1. The van der Waals surface area contributed by atoms with Gasteiger partial charge in [0.1, 0.15) is 5.82 Å². The number of nitrogens with zero attached hydrogens (tertiary/aromatic N) is 6. The van der Waals surface area contributed by atoms with Crippen LogP contribution < -0.4 is 10.6 Å². The molecule has 0 spiro atoms. The maximum atomic E-state index is 12.5. The largest absolute Gasteiger partial charge is 0.340 e. The highest BCUT2D eigenvalue weighted by molar-refractivity contribution is 5.92. The van der Waals surface area contributed by atoms with Crippen molar-refractivity contribution in [2.45, 2.75) is 13.3 Å². The van der Waals surface area contributed by atoms with Crippen molar-refractivity contribution in [3.8, 4) is 0 Å². The first-order valence-electron chi connectivity index (χ1n) is 11.8. The number of hydrogen-bond donors (Lipinski definition) is 3. The van der Waals surface area contributed by atoms with Crippen LogP contribution in [0.4, 0.5) is 17.2 Å². The summed E-state index contributed by atoms with van der Waals surface area (Å²) < 4.78 is 0. The smallest absolute Gasteiger partial charge is 0.238 e. The predicted octanol–water partition coefficient (Wildman–Crippen LogP) is 3.81. The first kappa shape index (κ1) is 23.3. The topological polar surface area (TPSA) is 125 Å². The number of fused-ring (bicyclic) bond motifs is 1. The SMILES string of the molecule is CC1/C=C\C(c2nccc(Nc3ccc4[nH]ncc4c3)n2)=C/CCN(CC(=O)Nc2ccnnc2)C1. The summed E-state index contributed by atoms with van der Waals surface area (Å²) in [5, 5.41) is 21.8. The van der Waals surface area contributed by atoms with Gasteiger partial charge in [0.2, 0.25) is 5.91 Å². The van der Waals surface area contributed by atoms with E-state index in [1.807, 2.05) is 24.3 Å². The summed E-state index contributed by atoms with van der Waals surface area (Å²) in [6.45, 7) is 3.97. The summed E-state index contributed by atoms with van der Waals surface area (Å²) >= 11 is 0. The van der Waals surface area contributed by atoms with Crippen LogP contribution in [-0.2, 0) is 4.79 Å². The monoisotopic (exact) mass is 481 g/mol. The van der Waals surface area contributed by atoms with E-state index in [-0.39, 0.29) is 11.8 Å². The Balaban J connectivity index is 1.26. The predicted molar refractivity (Wildman–Crippen MR) is 139 cm³/mol. The van der Waals surface area contributed by atoms with Gasteiger partial charge in [0, 0.05) is 35.9 Å². The summed E-state index contributed by atoms with van der Waals surface area (Å²) in [5.74, 6) is 1.56. The van der Waals surface area contributed by atoms with E-state index >= 15 is 0 Å². The van der Waals surface area contributed by atoms with Crippen LogP contribution in [-0.4, -0.2) is 60.8 Å².